The Morgan fingerprint density at radius 2 is 1.68 bits per heavy atom. The standard InChI is InChI=1S/C42H47N3O6.2ClH/c1-26-27(2)43-18-17-35(26)30-11-9-28(10-12-30)19-37(42(47)48-3)45-41(46)36-20-32-21-38-39(22-33(32)23-44-36)51-40(25-50-38)31-13-15-34(16-14-31)49-24-29-7-5-4-6-8-29;;/h9-18,21-22,29,36-37,40,44H,4-8,19-20,23-25H2,1-3H3,(H,45,46);2*1H/t36-,37?,40+;;/m0../s1. The summed E-state index contributed by atoms with van der Waals surface area (Å²) in [5.74, 6) is 2.18. The zero-order valence-electron chi connectivity index (χ0n) is 30.5. The van der Waals surface area contributed by atoms with Crippen molar-refractivity contribution in [3.63, 3.8) is 0 Å². The lowest BCUT2D eigenvalue weighted by atomic mass is 9.90. The highest BCUT2D eigenvalue weighted by Gasteiger charge is 2.31. The van der Waals surface area contributed by atoms with Crippen LogP contribution in [-0.4, -0.2) is 49.3 Å². The highest BCUT2D eigenvalue weighted by molar-refractivity contribution is 5.88. The molecular weight excluding hydrogens is 713 g/mol. The first-order chi connectivity index (χ1) is 24.8. The second-order valence-electron chi connectivity index (χ2n) is 14.1. The molecule has 0 radical (unpaired) electrons. The minimum atomic E-state index is -0.823. The number of aryl methyl sites for hydroxylation is 1. The number of hydrogen-bond donors (Lipinski definition) is 2. The molecule has 7 rings (SSSR count). The predicted octanol–water partition coefficient (Wildman–Crippen LogP) is 7.60. The fourth-order valence-corrected chi connectivity index (χ4v) is 7.39. The Hall–Kier alpha value is -4.31. The first kappa shape index (κ1) is 39.9. The van der Waals surface area contributed by atoms with Crippen LogP contribution in [-0.2, 0) is 33.7 Å². The van der Waals surface area contributed by atoms with Crippen LogP contribution in [0.3, 0.4) is 0 Å². The molecule has 1 amide bonds. The first-order valence-corrected chi connectivity index (χ1v) is 18.2. The van der Waals surface area contributed by atoms with Crippen LogP contribution in [0.1, 0.15) is 71.7 Å². The smallest absolute Gasteiger partial charge is 0.328 e. The van der Waals surface area contributed by atoms with Crippen LogP contribution in [0, 0.1) is 19.8 Å². The molecule has 53 heavy (non-hydrogen) atoms. The van der Waals surface area contributed by atoms with E-state index >= 15 is 0 Å². The van der Waals surface area contributed by atoms with Crippen molar-refractivity contribution in [1.82, 2.24) is 15.6 Å². The summed E-state index contributed by atoms with van der Waals surface area (Å²) in [5.41, 5.74) is 8.33. The van der Waals surface area contributed by atoms with Gasteiger partial charge in [-0.3, -0.25) is 9.78 Å². The summed E-state index contributed by atoms with van der Waals surface area (Å²) in [6.07, 6.45) is 8.84. The maximum absolute atomic E-state index is 13.5. The number of ether oxygens (including phenoxy) is 4. The van der Waals surface area contributed by atoms with Gasteiger partial charge in [-0.15, -0.1) is 24.8 Å². The number of hydrogen-bond acceptors (Lipinski definition) is 8. The van der Waals surface area contributed by atoms with E-state index in [0.717, 1.165) is 57.0 Å². The third-order valence-corrected chi connectivity index (χ3v) is 10.6. The van der Waals surface area contributed by atoms with E-state index in [4.69, 9.17) is 18.9 Å². The van der Waals surface area contributed by atoms with Gasteiger partial charge in [0.25, 0.3) is 0 Å². The van der Waals surface area contributed by atoms with Crippen molar-refractivity contribution >= 4 is 36.7 Å². The second-order valence-corrected chi connectivity index (χ2v) is 14.1. The number of benzene rings is 3. The van der Waals surface area contributed by atoms with E-state index < -0.39 is 18.1 Å². The fourth-order valence-electron chi connectivity index (χ4n) is 7.39. The van der Waals surface area contributed by atoms with Gasteiger partial charge in [-0.2, -0.15) is 0 Å². The molecular formula is C42H49Cl2N3O6. The normalized spacial score (nSPS) is 18.3. The highest BCUT2D eigenvalue weighted by Crippen LogP contribution is 2.40. The number of nitrogens with zero attached hydrogens (tertiary/aromatic N) is 1. The number of rotatable bonds is 10. The Bertz CT molecular complexity index is 1860. The number of fused-ring (bicyclic) bond motifs is 2. The molecule has 0 saturated heterocycles. The van der Waals surface area contributed by atoms with E-state index in [-0.39, 0.29) is 36.8 Å². The molecule has 0 spiro atoms. The molecule has 1 aliphatic carbocycles. The number of esters is 1. The van der Waals surface area contributed by atoms with Gasteiger partial charge < -0.3 is 29.6 Å². The van der Waals surface area contributed by atoms with Crippen LogP contribution in [0.2, 0.25) is 0 Å². The number of pyridine rings is 1. The number of carbonyl (C=O) groups excluding carboxylic acids is 2. The number of methoxy groups -OCH3 is 1. The molecule has 1 unspecified atom stereocenters. The average Bonchev–Trinajstić information content (AvgIpc) is 3.17. The van der Waals surface area contributed by atoms with E-state index in [0.29, 0.717) is 43.4 Å². The molecule has 11 heteroatoms. The summed E-state index contributed by atoms with van der Waals surface area (Å²) in [4.78, 5) is 30.7. The van der Waals surface area contributed by atoms with Gasteiger partial charge in [0.05, 0.1) is 19.8 Å². The van der Waals surface area contributed by atoms with Crippen LogP contribution >= 0.6 is 24.8 Å². The molecule has 1 saturated carbocycles. The second kappa shape index (κ2) is 18.1. The van der Waals surface area contributed by atoms with Crippen LogP contribution in [0.15, 0.2) is 72.9 Å². The number of amides is 1. The Kier molecular flexibility index (Phi) is 13.7. The SMILES string of the molecule is COC(=O)C(Cc1ccc(-c2ccnc(C)c2C)cc1)NC(=O)[C@@H]1Cc2cc3c(cc2CN1)O[C@@H](c1ccc(OCC2CCCCC2)cc1)CO3.Cl.Cl. The van der Waals surface area contributed by atoms with Gasteiger partial charge in [0.1, 0.15) is 18.4 Å². The third-order valence-electron chi connectivity index (χ3n) is 10.6. The molecule has 3 heterocycles. The molecule has 2 aliphatic heterocycles. The molecule has 2 N–H and O–H groups in total. The number of carbonyl (C=O) groups is 2. The Morgan fingerprint density at radius 3 is 2.42 bits per heavy atom. The predicted molar refractivity (Wildman–Crippen MR) is 209 cm³/mol. The Labute approximate surface area is 324 Å². The summed E-state index contributed by atoms with van der Waals surface area (Å²) < 4.78 is 23.8. The minimum absolute atomic E-state index is 0. The number of aromatic nitrogens is 1. The molecule has 4 aromatic rings. The van der Waals surface area contributed by atoms with Gasteiger partial charge in [0.2, 0.25) is 5.91 Å². The van der Waals surface area contributed by atoms with Crippen molar-refractivity contribution in [3.05, 3.63) is 106 Å². The van der Waals surface area contributed by atoms with E-state index in [1.807, 2.05) is 67.7 Å². The highest BCUT2D eigenvalue weighted by atomic mass is 35.5. The minimum Gasteiger partial charge on any atom is -0.493 e. The summed E-state index contributed by atoms with van der Waals surface area (Å²) in [7, 11) is 1.34. The molecule has 3 aromatic carbocycles. The van der Waals surface area contributed by atoms with Crippen molar-refractivity contribution in [2.24, 2.45) is 5.92 Å². The van der Waals surface area contributed by atoms with E-state index in [2.05, 4.69) is 34.7 Å². The van der Waals surface area contributed by atoms with Crippen LogP contribution in [0.5, 0.6) is 17.2 Å². The van der Waals surface area contributed by atoms with Gasteiger partial charge in [-0.25, -0.2) is 4.79 Å². The van der Waals surface area contributed by atoms with Crippen LogP contribution < -0.4 is 24.8 Å². The summed E-state index contributed by atoms with van der Waals surface area (Å²) in [5, 5.41) is 6.29. The monoisotopic (exact) mass is 761 g/mol. The lowest BCUT2D eigenvalue weighted by Crippen LogP contribution is -2.53. The van der Waals surface area contributed by atoms with Crippen molar-refractivity contribution < 1.29 is 28.5 Å². The maximum atomic E-state index is 13.5. The quantitative estimate of drug-likeness (QED) is 0.159. The lowest BCUT2D eigenvalue weighted by molar-refractivity contribution is -0.145. The van der Waals surface area contributed by atoms with Crippen LogP contribution in [0.25, 0.3) is 11.1 Å². The first-order valence-electron chi connectivity index (χ1n) is 18.2. The van der Waals surface area contributed by atoms with Gasteiger partial charge in [-0.1, -0.05) is 55.7 Å². The lowest BCUT2D eigenvalue weighted by Gasteiger charge is -2.31. The van der Waals surface area contributed by atoms with Gasteiger partial charge in [0.15, 0.2) is 17.6 Å². The van der Waals surface area contributed by atoms with Gasteiger partial charge in [0, 0.05) is 24.9 Å². The van der Waals surface area contributed by atoms with Crippen molar-refractivity contribution in [3.8, 4) is 28.4 Å². The van der Waals surface area contributed by atoms with E-state index in [9.17, 15) is 9.59 Å². The summed E-state index contributed by atoms with van der Waals surface area (Å²) >= 11 is 0. The van der Waals surface area contributed by atoms with Crippen molar-refractivity contribution in [2.75, 3.05) is 20.3 Å². The van der Waals surface area contributed by atoms with Crippen molar-refractivity contribution in [1.29, 1.82) is 0 Å². The van der Waals surface area contributed by atoms with Gasteiger partial charge >= 0.3 is 5.97 Å². The van der Waals surface area contributed by atoms with Gasteiger partial charge in [-0.05, 0) is 108 Å². The maximum Gasteiger partial charge on any atom is 0.328 e. The summed E-state index contributed by atoms with van der Waals surface area (Å²) in [6.45, 7) is 5.72. The number of nitrogens with one attached hydrogen (secondary N) is 2. The molecule has 1 fully saturated rings. The zero-order valence-corrected chi connectivity index (χ0v) is 32.2. The molecule has 3 atom stereocenters. The average molecular weight is 763 g/mol. The molecule has 1 aromatic heterocycles. The largest absolute Gasteiger partial charge is 0.493 e. The zero-order chi connectivity index (χ0) is 35.3. The van der Waals surface area contributed by atoms with E-state index in [1.54, 1.807) is 0 Å². The third kappa shape index (κ3) is 9.44. The summed E-state index contributed by atoms with van der Waals surface area (Å²) in [6, 6.07) is 20.8. The fraction of sp³-hybridized carbons (Fsp3) is 0.405. The molecule has 3 aliphatic rings. The van der Waals surface area contributed by atoms with E-state index in [1.165, 1.54) is 39.2 Å². The Balaban J connectivity index is 0.00000271. The van der Waals surface area contributed by atoms with Crippen molar-refractivity contribution in [2.45, 2.75) is 83.5 Å². The van der Waals surface area contributed by atoms with Crippen LogP contribution in [0.4, 0.5) is 0 Å². The molecule has 0 bridgehead atoms. The number of halogens is 2. The molecule has 9 nitrogen and oxygen atoms in total. The topological polar surface area (TPSA) is 108 Å². The molecule has 282 valence electrons. The Morgan fingerprint density at radius 1 is 0.943 bits per heavy atom.